The highest BCUT2D eigenvalue weighted by atomic mass is 32.3. The van der Waals surface area contributed by atoms with E-state index in [9.17, 15) is 21.6 Å². The van der Waals surface area contributed by atoms with Gasteiger partial charge in [-0.1, -0.05) is 58.7 Å². The first-order valence-electron chi connectivity index (χ1n) is 19.0. The third-order valence-corrected chi connectivity index (χ3v) is 18.3. The normalized spacial score (nSPS) is 16.2. The lowest BCUT2D eigenvalue weighted by Gasteiger charge is -2.38. The highest BCUT2D eigenvalue weighted by molar-refractivity contribution is 7.82. The van der Waals surface area contributed by atoms with Gasteiger partial charge in [-0.25, -0.2) is 13.8 Å². The van der Waals surface area contributed by atoms with Gasteiger partial charge in [-0.05, 0) is 53.1 Å². The second-order valence-electron chi connectivity index (χ2n) is 15.9. The van der Waals surface area contributed by atoms with Gasteiger partial charge in [-0.15, -0.1) is 22.9 Å². The van der Waals surface area contributed by atoms with Crippen LogP contribution in [0.25, 0.3) is 32.9 Å². The fourth-order valence-electron chi connectivity index (χ4n) is 8.24. The number of pyridine rings is 1. The van der Waals surface area contributed by atoms with E-state index in [1.165, 1.54) is 25.6 Å². The molecular formula is C40H46F5N5O6SSi. The van der Waals surface area contributed by atoms with Crippen molar-refractivity contribution in [3.8, 4) is 34.5 Å². The quantitative estimate of drug-likeness (QED) is 0.0557. The number of hydrogen-bond acceptors (Lipinski definition) is 11. The predicted octanol–water partition coefficient (Wildman–Crippen LogP) is 9.11. The van der Waals surface area contributed by atoms with E-state index in [0.29, 0.717) is 6.61 Å². The van der Waals surface area contributed by atoms with Gasteiger partial charge >= 0.3 is 22.8 Å². The highest BCUT2D eigenvalue weighted by Crippen LogP contribution is 2.47. The molecule has 0 amide bonds. The van der Waals surface area contributed by atoms with Crippen molar-refractivity contribution in [3.05, 3.63) is 53.9 Å². The van der Waals surface area contributed by atoms with Crippen LogP contribution in [0.5, 0.6) is 11.8 Å². The maximum Gasteiger partial charge on any atom is 0.539 e. The van der Waals surface area contributed by atoms with Crippen LogP contribution in [0.2, 0.25) is 16.6 Å². The Morgan fingerprint density at radius 1 is 0.966 bits per heavy atom. The van der Waals surface area contributed by atoms with Gasteiger partial charge in [0.15, 0.2) is 5.82 Å². The summed E-state index contributed by atoms with van der Waals surface area (Å²) in [5.41, 5.74) is 3.95. The summed E-state index contributed by atoms with van der Waals surface area (Å²) >= 11 is 0. The van der Waals surface area contributed by atoms with Gasteiger partial charge in [0.25, 0.3) is 0 Å². The molecule has 1 saturated carbocycles. The molecule has 0 atom stereocenters. The number of fused-ring (bicyclic) bond motifs is 2. The Morgan fingerprint density at radius 2 is 1.62 bits per heavy atom. The van der Waals surface area contributed by atoms with Crippen molar-refractivity contribution in [1.29, 1.82) is 0 Å². The van der Waals surface area contributed by atoms with Crippen molar-refractivity contribution in [2.45, 2.75) is 90.2 Å². The monoisotopic (exact) mass is 847 g/mol. The molecule has 2 fully saturated rings. The Kier molecular flexibility index (Phi) is 12.4. The van der Waals surface area contributed by atoms with Gasteiger partial charge in [-0.3, -0.25) is 4.98 Å². The van der Waals surface area contributed by atoms with Crippen LogP contribution in [0.3, 0.4) is 0 Å². The molecule has 0 bridgehead atoms. The number of nitrogens with zero attached hydrogens (tertiary/aromatic N) is 5. The summed E-state index contributed by atoms with van der Waals surface area (Å²) < 4.78 is 110. The first-order valence-corrected chi connectivity index (χ1v) is 22.6. The largest absolute Gasteiger partial charge is 0.539 e. The number of piperidine rings is 1. The van der Waals surface area contributed by atoms with Gasteiger partial charge in [0, 0.05) is 66.6 Å². The minimum atomic E-state index is -5.70. The molecule has 58 heavy (non-hydrogen) atoms. The summed E-state index contributed by atoms with van der Waals surface area (Å²) in [6.45, 7) is 15.3. The summed E-state index contributed by atoms with van der Waals surface area (Å²) in [5, 5.41) is 4.39. The molecule has 18 heteroatoms. The third-order valence-electron chi connectivity index (χ3n) is 11.2. The minimum absolute atomic E-state index is 0.0402. The molecule has 3 heterocycles. The smallest absolute Gasteiger partial charge is 0.463 e. The van der Waals surface area contributed by atoms with Crippen LogP contribution < -0.4 is 8.92 Å². The number of benzene rings is 2. The summed E-state index contributed by atoms with van der Waals surface area (Å²) in [7, 11) is -6.63. The van der Waals surface area contributed by atoms with E-state index in [2.05, 4.69) is 82.2 Å². The number of likely N-dealkylation sites (tertiary alicyclic amines) is 1. The Balaban J connectivity index is 1.43. The molecule has 4 aromatic rings. The van der Waals surface area contributed by atoms with E-state index in [1.807, 2.05) is 0 Å². The fraction of sp³-hybridized carbons (Fsp3) is 0.500. The van der Waals surface area contributed by atoms with Crippen molar-refractivity contribution >= 4 is 45.9 Å². The van der Waals surface area contributed by atoms with Crippen LogP contribution in [0, 0.1) is 28.5 Å². The van der Waals surface area contributed by atoms with Crippen LogP contribution in [-0.4, -0.2) is 81.8 Å². The second-order valence-corrected chi connectivity index (χ2v) is 22.7. The molecule has 0 unspecified atom stereocenters. The SMILES string of the molecule is CON=C1CCN(CC2(COc3ncc4cnc(-c5cc(OS(=O)(=O)OC(F)(F)F)cc6ccc(F)c(C#C[Si](C(C)C)(C(C)C)C(C)C)c56)c(F)c4n3)CC2)CC1. The van der Waals surface area contributed by atoms with E-state index >= 15 is 8.78 Å². The second kappa shape index (κ2) is 16.7. The number of halogens is 5. The minimum Gasteiger partial charge on any atom is -0.463 e. The summed E-state index contributed by atoms with van der Waals surface area (Å²) in [6, 6.07) is 4.30. The maximum atomic E-state index is 16.9. The molecule has 2 aromatic heterocycles. The number of ether oxygens (including phenoxy) is 1. The van der Waals surface area contributed by atoms with Gasteiger partial charge in [-0.2, -0.15) is 13.4 Å². The molecule has 1 aliphatic carbocycles. The molecule has 312 valence electrons. The first-order chi connectivity index (χ1) is 27.3. The lowest BCUT2D eigenvalue weighted by molar-refractivity contribution is -0.274. The lowest BCUT2D eigenvalue weighted by Crippen LogP contribution is -2.43. The summed E-state index contributed by atoms with van der Waals surface area (Å²) in [4.78, 5) is 20.2. The molecule has 1 saturated heterocycles. The van der Waals surface area contributed by atoms with Crippen molar-refractivity contribution in [1.82, 2.24) is 19.9 Å². The van der Waals surface area contributed by atoms with Gasteiger partial charge in [0.1, 0.15) is 38.0 Å². The van der Waals surface area contributed by atoms with Crippen LogP contribution in [0.1, 0.15) is 72.8 Å². The standard InChI is InChI=1S/C40H46F5N5O6SSi/c1-24(2)58(25(3)4,26(5)6)17-12-31-33(41)9-8-27-18-30(55-57(51,52)56-40(43,44)45)19-32(34(27)31)37-35(42)36-28(20-46-37)21-47-38(48-36)54-23-39(13-14-39)22-50-15-10-29(11-16-50)49-53-7/h8-9,18-21,24-26H,10-11,13-16,22-23H2,1-7H3. The first kappa shape index (κ1) is 43.1. The van der Waals surface area contributed by atoms with Crippen molar-refractivity contribution in [3.63, 3.8) is 0 Å². The zero-order valence-electron chi connectivity index (χ0n) is 33.3. The number of alkyl halides is 3. The lowest BCUT2D eigenvalue weighted by atomic mass is 9.96. The highest BCUT2D eigenvalue weighted by Gasteiger charge is 2.45. The Bertz CT molecular complexity index is 2370. The topological polar surface area (TPSA) is 125 Å². The van der Waals surface area contributed by atoms with Crippen molar-refractivity contribution in [2.24, 2.45) is 10.6 Å². The van der Waals surface area contributed by atoms with Crippen LogP contribution >= 0.6 is 0 Å². The summed E-state index contributed by atoms with van der Waals surface area (Å²) in [5.74, 6) is 0.660. The van der Waals surface area contributed by atoms with Crippen molar-refractivity contribution in [2.75, 3.05) is 33.4 Å². The number of rotatable bonds is 13. The molecule has 0 N–H and O–H groups in total. The molecule has 0 radical (unpaired) electrons. The van der Waals surface area contributed by atoms with E-state index in [0.717, 1.165) is 69.2 Å². The van der Waals surface area contributed by atoms with Gasteiger partial charge in [0.2, 0.25) is 0 Å². The number of oxime groups is 1. The molecule has 11 nitrogen and oxygen atoms in total. The molecule has 6 rings (SSSR count). The van der Waals surface area contributed by atoms with E-state index in [4.69, 9.17) is 13.8 Å². The molecule has 2 aromatic carbocycles. The Hall–Kier alpha value is -4.44. The Morgan fingerprint density at radius 3 is 2.22 bits per heavy atom. The van der Waals surface area contributed by atoms with Crippen molar-refractivity contribution < 1.29 is 48.3 Å². The van der Waals surface area contributed by atoms with E-state index < -0.39 is 47.9 Å². The summed E-state index contributed by atoms with van der Waals surface area (Å²) in [6.07, 6.45) is 0.529. The third kappa shape index (κ3) is 9.38. The zero-order valence-corrected chi connectivity index (χ0v) is 35.2. The average Bonchev–Trinajstić information content (AvgIpc) is 3.90. The van der Waals surface area contributed by atoms with Gasteiger partial charge < -0.3 is 18.7 Å². The molecule has 2 aliphatic rings. The predicted molar refractivity (Wildman–Crippen MR) is 212 cm³/mol. The maximum absolute atomic E-state index is 16.9. The average molecular weight is 848 g/mol. The molecular weight excluding hydrogens is 802 g/mol. The number of hydrogen-bond donors (Lipinski definition) is 0. The molecule has 0 spiro atoms. The van der Waals surface area contributed by atoms with Crippen LogP contribution in [-0.2, 0) is 19.4 Å². The van der Waals surface area contributed by atoms with Crippen LogP contribution in [0.15, 0.2) is 41.8 Å². The molecule has 1 aliphatic heterocycles. The van der Waals surface area contributed by atoms with Crippen LogP contribution in [0.4, 0.5) is 22.0 Å². The number of aromatic nitrogens is 3. The Labute approximate surface area is 335 Å². The van der Waals surface area contributed by atoms with Gasteiger partial charge in [0.05, 0.1) is 17.9 Å². The zero-order chi connectivity index (χ0) is 42.2. The fourth-order valence-corrected chi connectivity index (χ4v) is 14.0. The van der Waals surface area contributed by atoms with E-state index in [-0.39, 0.29) is 60.9 Å². The van der Waals surface area contributed by atoms with E-state index in [1.54, 1.807) is 0 Å².